The van der Waals surface area contributed by atoms with Gasteiger partial charge in [-0.15, -0.1) is 0 Å². The molecule has 0 atom stereocenters. The lowest BCUT2D eigenvalue weighted by atomic mass is 9.94. The maximum atomic E-state index is 10.1. The van der Waals surface area contributed by atoms with Crippen molar-refractivity contribution in [2.75, 3.05) is 46.9 Å². The molecule has 2 N–H and O–H groups in total. The first-order valence-electron chi connectivity index (χ1n) is 5.78. The Balaban J connectivity index is 2.03. The summed E-state index contributed by atoms with van der Waals surface area (Å²) in [6, 6.07) is 0. The van der Waals surface area contributed by atoms with E-state index >= 15 is 0 Å². The summed E-state index contributed by atoms with van der Waals surface area (Å²) in [5.74, 6) is 0. The minimum Gasteiger partial charge on any atom is -0.388 e. The molecule has 1 fully saturated rings. The Bertz CT molecular complexity index is 168. The van der Waals surface area contributed by atoms with E-state index in [4.69, 9.17) is 4.74 Å². The van der Waals surface area contributed by atoms with Crippen molar-refractivity contribution < 1.29 is 9.84 Å². The fraction of sp³-hybridized carbons (Fsp3) is 1.00. The van der Waals surface area contributed by atoms with Gasteiger partial charge in [0.05, 0.1) is 5.60 Å². The Hall–Kier alpha value is -0.160. The van der Waals surface area contributed by atoms with Gasteiger partial charge in [0.2, 0.25) is 0 Å². The summed E-state index contributed by atoms with van der Waals surface area (Å²) in [4.78, 5) is 2.17. The molecule has 1 heterocycles. The molecule has 1 aliphatic rings. The maximum Gasteiger partial charge on any atom is 0.0815 e. The van der Waals surface area contributed by atoms with Crippen LogP contribution < -0.4 is 5.32 Å². The molecule has 1 saturated heterocycles. The monoisotopic (exact) mass is 216 g/mol. The quantitative estimate of drug-likeness (QED) is 0.617. The molecule has 0 aromatic carbocycles. The van der Waals surface area contributed by atoms with Crippen molar-refractivity contribution in [1.29, 1.82) is 0 Å². The smallest absolute Gasteiger partial charge is 0.0815 e. The Morgan fingerprint density at radius 2 is 2.00 bits per heavy atom. The van der Waals surface area contributed by atoms with Gasteiger partial charge >= 0.3 is 0 Å². The Morgan fingerprint density at radius 1 is 1.33 bits per heavy atom. The van der Waals surface area contributed by atoms with Crippen molar-refractivity contribution in [2.45, 2.75) is 24.9 Å². The summed E-state index contributed by atoms with van der Waals surface area (Å²) >= 11 is 0. The van der Waals surface area contributed by atoms with Gasteiger partial charge in [-0.25, -0.2) is 0 Å². The molecule has 90 valence electrons. The topological polar surface area (TPSA) is 44.7 Å². The molecule has 1 rings (SSSR count). The number of ether oxygens (including phenoxy) is 1. The second-order valence-electron chi connectivity index (χ2n) is 4.67. The van der Waals surface area contributed by atoms with Gasteiger partial charge in [0, 0.05) is 32.6 Å². The SMILES string of the molecule is CN(C)CCCNCC1(O)CCOCC1. The average molecular weight is 216 g/mol. The lowest BCUT2D eigenvalue weighted by Gasteiger charge is -2.32. The highest BCUT2D eigenvalue weighted by molar-refractivity contribution is 4.83. The van der Waals surface area contributed by atoms with Crippen molar-refractivity contribution in [3.63, 3.8) is 0 Å². The van der Waals surface area contributed by atoms with Gasteiger partial charge < -0.3 is 20.1 Å². The first-order chi connectivity index (χ1) is 7.12. The van der Waals surface area contributed by atoms with Gasteiger partial charge in [-0.2, -0.15) is 0 Å². The van der Waals surface area contributed by atoms with E-state index in [1.807, 2.05) is 0 Å². The molecule has 0 unspecified atom stereocenters. The van der Waals surface area contributed by atoms with Gasteiger partial charge in [-0.1, -0.05) is 0 Å². The van der Waals surface area contributed by atoms with E-state index in [1.165, 1.54) is 0 Å². The second kappa shape index (κ2) is 6.43. The summed E-state index contributed by atoms with van der Waals surface area (Å²) < 4.78 is 5.23. The predicted molar refractivity (Wildman–Crippen MR) is 61.0 cm³/mol. The molecule has 0 saturated carbocycles. The van der Waals surface area contributed by atoms with Crippen LogP contribution in [0.1, 0.15) is 19.3 Å². The zero-order valence-corrected chi connectivity index (χ0v) is 9.96. The first kappa shape index (κ1) is 12.9. The van der Waals surface area contributed by atoms with Crippen LogP contribution in [0.5, 0.6) is 0 Å². The van der Waals surface area contributed by atoms with Crippen LogP contribution >= 0.6 is 0 Å². The zero-order valence-electron chi connectivity index (χ0n) is 9.96. The van der Waals surface area contributed by atoms with E-state index in [0.717, 1.165) is 32.4 Å². The minimum absolute atomic E-state index is 0.531. The molecule has 15 heavy (non-hydrogen) atoms. The highest BCUT2D eigenvalue weighted by atomic mass is 16.5. The lowest BCUT2D eigenvalue weighted by molar-refractivity contribution is -0.0614. The van der Waals surface area contributed by atoms with Crippen LogP contribution in [-0.2, 0) is 4.74 Å². The lowest BCUT2D eigenvalue weighted by Crippen LogP contribution is -2.45. The number of nitrogens with zero attached hydrogens (tertiary/aromatic N) is 1. The van der Waals surface area contributed by atoms with Crippen molar-refractivity contribution in [3.8, 4) is 0 Å². The summed E-state index contributed by atoms with van der Waals surface area (Å²) in [5, 5.41) is 13.4. The molecule has 4 nitrogen and oxygen atoms in total. The van der Waals surface area contributed by atoms with Crippen LogP contribution in [0.25, 0.3) is 0 Å². The predicted octanol–water partition coefficient (Wildman–Crippen LogP) is 0.0692. The van der Waals surface area contributed by atoms with Gasteiger partial charge in [-0.3, -0.25) is 0 Å². The Morgan fingerprint density at radius 3 is 2.60 bits per heavy atom. The van der Waals surface area contributed by atoms with Crippen molar-refractivity contribution in [3.05, 3.63) is 0 Å². The van der Waals surface area contributed by atoms with Crippen LogP contribution in [0, 0.1) is 0 Å². The number of hydrogen-bond donors (Lipinski definition) is 2. The minimum atomic E-state index is -0.531. The van der Waals surface area contributed by atoms with Crippen LogP contribution in [0.15, 0.2) is 0 Å². The molecule has 0 spiro atoms. The summed E-state index contributed by atoms with van der Waals surface area (Å²) in [7, 11) is 4.15. The highest BCUT2D eigenvalue weighted by Crippen LogP contribution is 2.18. The standard InChI is InChI=1S/C11H24N2O2/c1-13(2)7-3-6-12-10-11(14)4-8-15-9-5-11/h12,14H,3-10H2,1-2H3. The Kier molecular flexibility index (Phi) is 5.53. The largest absolute Gasteiger partial charge is 0.388 e. The molecular formula is C11H24N2O2. The van der Waals surface area contributed by atoms with Crippen molar-refractivity contribution in [2.24, 2.45) is 0 Å². The number of nitrogens with one attached hydrogen (secondary N) is 1. The van der Waals surface area contributed by atoms with E-state index in [1.54, 1.807) is 0 Å². The zero-order chi connectivity index (χ0) is 11.1. The summed E-state index contributed by atoms with van der Waals surface area (Å²) in [6.07, 6.45) is 2.64. The third-order valence-corrected chi connectivity index (χ3v) is 2.84. The highest BCUT2D eigenvalue weighted by Gasteiger charge is 2.28. The van der Waals surface area contributed by atoms with Crippen LogP contribution in [-0.4, -0.2) is 62.6 Å². The van der Waals surface area contributed by atoms with Gasteiger partial charge in [-0.05, 0) is 33.6 Å². The third-order valence-electron chi connectivity index (χ3n) is 2.84. The molecule has 0 aromatic heterocycles. The van der Waals surface area contributed by atoms with Gasteiger partial charge in [0.1, 0.15) is 0 Å². The van der Waals surface area contributed by atoms with Crippen LogP contribution in [0.2, 0.25) is 0 Å². The molecule has 0 radical (unpaired) electrons. The fourth-order valence-electron chi connectivity index (χ4n) is 1.77. The van der Waals surface area contributed by atoms with E-state index in [2.05, 4.69) is 24.3 Å². The van der Waals surface area contributed by atoms with Gasteiger partial charge in [0.15, 0.2) is 0 Å². The molecule has 4 heteroatoms. The molecule has 0 amide bonds. The molecule has 0 bridgehead atoms. The van der Waals surface area contributed by atoms with Crippen LogP contribution in [0.3, 0.4) is 0 Å². The van der Waals surface area contributed by atoms with Crippen LogP contribution in [0.4, 0.5) is 0 Å². The van der Waals surface area contributed by atoms with E-state index in [0.29, 0.717) is 19.8 Å². The van der Waals surface area contributed by atoms with E-state index in [-0.39, 0.29) is 0 Å². The average Bonchev–Trinajstić information content (AvgIpc) is 2.17. The summed E-state index contributed by atoms with van der Waals surface area (Å²) in [5.41, 5.74) is -0.531. The number of aliphatic hydroxyl groups is 1. The maximum absolute atomic E-state index is 10.1. The Labute approximate surface area is 92.6 Å². The molecular weight excluding hydrogens is 192 g/mol. The third kappa shape index (κ3) is 5.47. The normalized spacial score (nSPS) is 20.8. The fourth-order valence-corrected chi connectivity index (χ4v) is 1.77. The van der Waals surface area contributed by atoms with Crippen molar-refractivity contribution in [1.82, 2.24) is 10.2 Å². The van der Waals surface area contributed by atoms with Crippen molar-refractivity contribution >= 4 is 0 Å². The summed E-state index contributed by atoms with van der Waals surface area (Å²) in [6.45, 7) is 4.14. The second-order valence-corrected chi connectivity index (χ2v) is 4.67. The number of rotatable bonds is 6. The van der Waals surface area contributed by atoms with E-state index < -0.39 is 5.60 Å². The van der Waals surface area contributed by atoms with E-state index in [9.17, 15) is 5.11 Å². The molecule has 1 aliphatic heterocycles. The van der Waals surface area contributed by atoms with Gasteiger partial charge in [0.25, 0.3) is 0 Å². The molecule has 0 aromatic rings. The number of hydrogen-bond acceptors (Lipinski definition) is 4. The first-order valence-corrected chi connectivity index (χ1v) is 5.78. The molecule has 0 aliphatic carbocycles.